The minimum absolute atomic E-state index is 0.191. The Morgan fingerprint density at radius 2 is 1.73 bits per heavy atom. The molecule has 2 rings (SSSR count). The Hall–Kier alpha value is -2.28. The van der Waals surface area contributed by atoms with Gasteiger partial charge in [-0.3, -0.25) is 0 Å². The molecule has 168 valence electrons. The Morgan fingerprint density at radius 3 is 2.27 bits per heavy atom. The van der Waals surface area contributed by atoms with E-state index in [9.17, 15) is 14.7 Å². The van der Waals surface area contributed by atoms with Crippen LogP contribution in [0.15, 0.2) is 30.3 Å². The highest BCUT2D eigenvalue weighted by Crippen LogP contribution is 2.27. The highest BCUT2D eigenvalue weighted by molar-refractivity contribution is 5.70. The van der Waals surface area contributed by atoms with E-state index in [4.69, 9.17) is 9.47 Å². The second-order valence-electron chi connectivity index (χ2n) is 9.80. The van der Waals surface area contributed by atoms with Gasteiger partial charge in [-0.2, -0.15) is 0 Å². The van der Waals surface area contributed by atoms with Crippen molar-refractivity contribution >= 4 is 12.2 Å². The minimum atomic E-state index is -0.964. The molecule has 7 heteroatoms. The number of likely N-dealkylation sites (tertiary alicyclic amines) is 1. The van der Waals surface area contributed by atoms with E-state index >= 15 is 0 Å². The summed E-state index contributed by atoms with van der Waals surface area (Å²) in [5, 5.41) is 9.74. The maximum Gasteiger partial charge on any atom is 0.410 e. The van der Waals surface area contributed by atoms with Crippen molar-refractivity contribution in [2.24, 2.45) is 0 Å². The summed E-state index contributed by atoms with van der Waals surface area (Å²) in [6, 6.07) is 9.38. The smallest absolute Gasteiger partial charge is 0.410 e. The third-order valence-corrected chi connectivity index (χ3v) is 4.89. The molecule has 1 N–H and O–H groups in total. The lowest BCUT2D eigenvalue weighted by molar-refractivity contribution is -0.0266. The number of carboxylic acid groups (broad SMARTS) is 1. The number of carbonyl (C=O) groups excluding carboxylic acids is 1. The van der Waals surface area contributed by atoms with Gasteiger partial charge in [0.25, 0.3) is 0 Å². The first-order chi connectivity index (χ1) is 13.9. The van der Waals surface area contributed by atoms with Crippen LogP contribution in [0.4, 0.5) is 9.59 Å². The van der Waals surface area contributed by atoms with Crippen LogP contribution in [0, 0.1) is 0 Å². The van der Waals surface area contributed by atoms with E-state index in [1.165, 1.54) is 4.90 Å². The maximum atomic E-state index is 12.9. The summed E-state index contributed by atoms with van der Waals surface area (Å²) in [5.74, 6) is 0. The minimum Gasteiger partial charge on any atom is -0.465 e. The predicted molar refractivity (Wildman–Crippen MR) is 116 cm³/mol. The molecule has 2 amide bonds. The monoisotopic (exact) mass is 420 g/mol. The van der Waals surface area contributed by atoms with Gasteiger partial charge in [0.05, 0.1) is 18.2 Å². The van der Waals surface area contributed by atoms with Crippen LogP contribution in [-0.4, -0.2) is 70.1 Å². The Bertz CT molecular complexity index is 709. The molecule has 0 aliphatic carbocycles. The SMILES string of the molecule is CC(C)(C)OCCN(C(=O)OC(C)(C)C)C1CC(Cc2ccccc2)N(C(=O)O)C1. The number of benzene rings is 1. The maximum absolute atomic E-state index is 12.9. The van der Waals surface area contributed by atoms with E-state index in [2.05, 4.69) is 0 Å². The van der Waals surface area contributed by atoms with Crippen LogP contribution in [-0.2, 0) is 15.9 Å². The fourth-order valence-electron chi connectivity index (χ4n) is 3.63. The van der Waals surface area contributed by atoms with Crippen LogP contribution in [0.1, 0.15) is 53.5 Å². The zero-order chi connectivity index (χ0) is 22.5. The third kappa shape index (κ3) is 7.52. The Labute approximate surface area is 179 Å². The largest absolute Gasteiger partial charge is 0.465 e. The molecule has 2 unspecified atom stereocenters. The number of ether oxygens (including phenoxy) is 2. The van der Waals surface area contributed by atoms with Crippen LogP contribution >= 0.6 is 0 Å². The van der Waals surface area contributed by atoms with Crippen LogP contribution < -0.4 is 0 Å². The van der Waals surface area contributed by atoms with Crippen LogP contribution in [0.5, 0.6) is 0 Å². The molecular formula is C23H36N2O5. The lowest BCUT2D eigenvalue weighted by Gasteiger charge is -2.32. The van der Waals surface area contributed by atoms with Gasteiger partial charge >= 0.3 is 12.2 Å². The third-order valence-electron chi connectivity index (χ3n) is 4.89. The lowest BCUT2D eigenvalue weighted by atomic mass is 10.0. The normalized spacial score (nSPS) is 19.6. The van der Waals surface area contributed by atoms with E-state index in [0.29, 0.717) is 26.0 Å². The molecular weight excluding hydrogens is 384 g/mol. The first kappa shape index (κ1) is 24.0. The molecule has 1 aliphatic rings. The summed E-state index contributed by atoms with van der Waals surface area (Å²) in [6.07, 6.45) is -0.218. The molecule has 0 spiro atoms. The number of rotatable bonds is 6. The van der Waals surface area contributed by atoms with E-state index in [1.54, 1.807) is 4.90 Å². The summed E-state index contributed by atoms with van der Waals surface area (Å²) < 4.78 is 11.4. The second kappa shape index (κ2) is 9.69. The van der Waals surface area contributed by atoms with Gasteiger partial charge < -0.3 is 24.4 Å². The molecule has 1 saturated heterocycles. The molecule has 0 radical (unpaired) electrons. The summed E-state index contributed by atoms with van der Waals surface area (Å²) >= 11 is 0. The van der Waals surface area contributed by atoms with Gasteiger partial charge in [0.15, 0.2) is 0 Å². The van der Waals surface area contributed by atoms with Gasteiger partial charge in [-0.15, -0.1) is 0 Å². The van der Waals surface area contributed by atoms with E-state index in [1.807, 2.05) is 71.9 Å². The molecule has 30 heavy (non-hydrogen) atoms. The van der Waals surface area contributed by atoms with Gasteiger partial charge in [0, 0.05) is 19.1 Å². The quantitative estimate of drug-likeness (QED) is 0.738. The lowest BCUT2D eigenvalue weighted by Crippen LogP contribution is -2.47. The van der Waals surface area contributed by atoms with Gasteiger partial charge in [-0.25, -0.2) is 9.59 Å². The summed E-state index contributed by atoms with van der Waals surface area (Å²) in [4.78, 5) is 27.9. The van der Waals surface area contributed by atoms with Crippen molar-refractivity contribution in [1.82, 2.24) is 9.80 Å². The molecule has 1 fully saturated rings. The van der Waals surface area contributed by atoms with E-state index in [-0.39, 0.29) is 24.2 Å². The molecule has 0 saturated carbocycles. The van der Waals surface area contributed by atoms with Gasteiger partial charge in [-0.05, 0) is 59.9 Å². The van der Waals surface area contributed by atoms with Crippen molar-refractivity contribution in [2.75, 3.05) is 19.7 Å². The number of nitrogens with zero attached hydrogens (tertiary/aromatic N) is 2. The Morgan fingerprint density at radius 1 is 1.10 bits per heavy atom. The van der Waals surface area contributed by atoms with Crippen molar-refractivity contribution in [3.8, 4) is 0 Å². The number of amides is 2. The van der Waals surface area contributed by atoms with Crippen molar-refractivity contribution in [3.05, 3.63) is 35.9 Å². The molecule has 1 aromatic rings. The number of hydrogen-bond donors (Lipinski definition) is 1. The number of hydrogen-bond acceptors (Lipinski definition) is 4. The molecule has 1 heterocycles. The standard InChI is InChI=1S/C23H36N2O5/c1-22(2,3)29-13-12-24(21(28)30-23(4,5)6)19-15-18(25(16-19)20(26)27)14-17-10-8-7-9-11-17/h7-11,18-19H,12-16H2,1-6H3,(H,26,27). The Balaban J connectivity index is 2.16. The Kier molecular flexibility index (Phi) is 7.75. The number of carbonyl (C=O) groups is 2. The topological polar surface area (TPSA) is 79.3 Å². The zero-order valence-electron chi connectivity index (χ0n) is 19.1. The molecule has 0 aromatic heterocycles. The van der Waals surface area contributed by atoms with Crippen molar-refractivity contribution < 1.29 is 24.2 Å². The predicted octanol–water partition coefficient (Wildman–Crippen LogP) is 4.40. The average Bonchev–Trinajstić information content (AvgIpc) is 3.00. The second-order valence-corrected chi connectivity index (χ2v) is 9.80. The van der Waals surface area contributed by atoms with Crippen molar-refractivity contribution in [1.29, 1.82) is 0 Å². The summed E-state index contributed by atoms with van der Waals surface area (Å²) in [7, 11) is 0. The molecule has 0 bridgehead atoms. The van der Waals surface area contributed by atoms with Crippen LogP contribution in [0.25, 0.3) is 0 Å². The molecule has 7 nitrogen and oxygen atoms in total. The van der Waals surface area contributed by atoms with Crippen LogP contribution in [0.3, 0.4) is 0 Å². The first-order valence-corrected chi connectivity index (χ1v) is 10.5. The van der Waals surface area contributed by atoms with Gasteiger partial charge in [0.1, 0.15) is 5.60 Å². The molecule has 2 atom stereocenters. The summed E-state index contributed by atoms with van der Waals surface area (Å²) in [6.45, 7) is 12.3. The molecule has 1 aliphatic heterocycles. The fraction of sp³-hybridized carbons (Fsp3) is 0.652. The van der Waals surface area contributed by atoms with Gasteiger partial charge in [-0.1, -0.05) is 30.3 Å². The average molecular weight is 421 g/mol. The first-order valence-electron chi connectivity index (χ1n) is 10.5. The van der Waals surface area contributed by atoms with E-state index in [0.717, 1.165) is 5.56 Å². The van der Waals surface area contributed by atoms with Crippen molar-refractivity contribution in [2.45, 2.75) is 77.7 Å². The van der Waals surface area contributed by atoms with E-state index < -0.39 is 17.8 Å². The zero-order valence-corrected chi connectivity index (χ0v) is 19.1. The molecule has 1 aromatic carbocycles. The highest BCUT2D eigenvalue weighted by atomic mass is 16.6. The van der Waals surface area contributed by atoms with Crippen molar-refractivity contribution in [3.63, 3.8) is 0 Å². The highest BCUT2D eigenvalue weighted by Gasteiger charge is 2.40. The van der Waals surface area contributed by atoms with Gasteiger partial charge in [0.2, 0.25) is 0 Å². The van der Waals surface area contributed by atoms with Crippen LogP contribution in [0.2, 0.25) is 0 Å². The summed E-state index contributed by atoms with van der Waals surface area (Å²) in [5.41, 5.74) is 0.127. The fourth-order valence-corrected chi connectivity index (χ4v) is 3.63.